The third-order valence-corrected chi connectivity index (χ3v) is 3.02. The van der Waals surface area contributed by atoms with Crippen molar-refractivity contribution in [3.05, 3.63) is 35.1 Å². The summed E-state index contributed by atoms with van der Waals surface area (Å²) in [7, 11) is 1.46. The van der Waals surface area contributed by atoms with Gasteiger partial charge in [-0.05, 0) is 12.1 Å². The fourth-order valence-electron chi connectivity index (χ4n) is 1.32. The second-order valence-corrected chi connectivity index (χ2v) is 4.34. The highest BCUT2D eigenvalue weighted by molar-refractivity contribution is 7.17. The minimum atomic E-state index is -1.05. The number of nitrogens with zero attached hydrogens (tertiary/aromatic N) is 1. The first-order valence-electron chi connectivity index (χ1n) is 4.90. The smallest absolute Gasteiger partial charge is 0.347 e. The number of thiazole rings is 1. The number of anilines is 2. The maximum Gasteiger partial charge on any atom is 0.347 e. The van der Waals surface area contributed by atoms with Gasteiger partial charge in [0.25, 0.3) is 0 Å². The lowest BCUT2D eigenvalue weighted by atomic mass is 10.3. The van der Waals surface area contributed by atoms with Gasteiger partial charge in [-0.3, -0.25) is 0 Å². The average molecular weight is 268 g/mol. The van der Waals surface area contributed by atoms with Crippen LogP contribution in [0.3, 0.4) is 0 Å². The molecule has 1 aromatic carbocycles. The Bertz CT molecular complexity index is 585. The molecule has 18 heavy (non-hydrogen) atoms. The van der Waals surface area contributed by atoms with Crippen LogP contribution in [0.15, 0.2) is 24.4 Å². The van der Waals surface area contributed by atoms with Crippen molar-refractivity contribution >= 4 is 28.1 Å². The van der Waals surface area contributed by atoms with E-state index in [0.717, 1.165) is 11.3 Å². The van der Waals surface area contributed by atoms with Crippen LogP contribution in [-0.2, 0) is 0 Å². The molecular formula is C11H9FN2O3S. The summed E-state index contributed by atoms with van der Waals surface area (Å²) in [6.45, 7) is 0. The molecule has 0 unspecified atom stereocenters. The maximum absolute atomic E-state index is 13.1. The molecule has 0 aliphatic rings. The Labute approximate surface area is 106 Å². The van der Waals surface area contributed by atoms with Crippen molar-refractivity contribution in [3.63, 3.8) is 0 Å². The quantitative estimate of drug-likeness (QED) is 0.892. The molecule has 0 spiro atoms. The first-order valence-corrected chi connectivity index (χ1v) is 5.71. The van der Waals surface area contributed by atoms with E-state index in [0.29, 0.717) is 16.6 Å². The van der Waals surface area contributed by atoms with Crippen LogP contribution < -0.4 is 10.1 Å². The molecular weight excluding hydrogens is 259 g/mol. The van der Waals surface area contributed by atoms with E-state index in [9.17, 15) is 9.18 Å². The molecule has 2 rings (SSSR count). The third kappa shape index (κ3) is 2.57. The van der Waals surface area contributed by atoms with E-state index < -0.39 is 11.8 Å². The monoisotopic (exact) mass is 268 g/mol. The molecule has 0 bridgehead atoms. The number of carboxylic acid groups (broad SMARTS) is 1. The number of methoxy groups -OCH3 is 1. The SMILES string of the molecule is COc1ccc(F)cc1Nc1ncc(C(=O)O)s1. The lowest BCUT2D eigenvalue weighted by Gasteiger charge is -2.08. The van der Waals surface area contributed by atoms with Crippen LogP contribution in [0.5, 0.6) is 5.75 Å². The van der Waals surface area contributed by atoms with E-state index in [4.69, 9.17) is 9.84 Å². The number of rotatable bonds is 4. The van der Waals surface area contributed by atoms with Gasteiger partial charge in [0.2, 0.25) is 0 Å². The Morgan fingerprint density at radius 2 is 2.33 bits per heavy atom. The number of hydrogen-bond acceptors (Lipinski definition) is 5. The van der Waals surface area contributed by atoms with Gasteiger partial charge in [-0.2, -0.15) is 0 Å². The number of carboxylic acids is 1. The molecule has 0 saturated carbocycles. The van der Waals surface area contributed by atoms with Crippen LogP contribution in [0.4, 0.5) is 15.2 Å². The van der Waals surface area contributed by atoms with Crippen molar-refractivity contribution in [3.8, 4) is 5.75 Å². The van der Waals surface area contributed by atoms with Crippen LogP contribution in [0.25, 0.3) is 0 Å². The van der Waals surface area contributed by atoms with Gasteiger partial charge in [-0.25, -0.2) is 14.2 Å². The number of hydrogen-bond donors (Lipinski definition) is 2. The standard InChI is InChI=1S/C11H9FN2O3S/c1-17-8-3-2-6(12)4-7(8)14-11-13-5-9(18-11)10(15)16/h2-5H,1H3,(H,13,14)(H,15,16). The number of nitrogens with one attached hydrogen (secondary N) is 1. The second kappa shape index (κ2) is 5.01. The van der Waals surface area contributed by atoms with E-state index in [2.05, 4.69) is 10.3 Å². The Morgan fingerprint density at radius 3 is 2.94 bits per heavy atom. The van der Waals surface area contributed by atoms with Crippen molar-refractivity contribution in [2.24, 2.45) is 0 Å². The van der Waals surface area contributed by atoms with E-state index in [1.807, 2.05) is 0 Å². The molecule has 0 aliphatic heterocycles. The van der Waals surface area contributed by atoms with Crippen molar-refractivity contribution in [1.82, 2.24) is 4.98 Å². The summed E-state index contributed by atoms with van der Waals surface area (Å²) >= 11 is 0.961. The zero-order valence-corrected chi connectivity index (χ0v) is 10.1. The lowest BCUT2D eigenvalue weighted by Crippen LogP contribution is -1.94. The van der Waals surface area contributed by atoms with Gasteiger partial charge in [0.1, 0.15) is 16.4 Å². The second-order valence-electron chi connectivity index (χ2n) is 3.30. The van der Waals surface area contributed by atoms with Crippen LogP contribution in [0.2, 0.25) is 0 Å². The van der Waals surface area contributed by atoms with Crippen molar-refractivity contribution in [1.29, 1.82) is 0 Å². The minimum absolute atomic E-state index is 0.105. The molecule has 0 atom stereocenters. The highest BCUT2D eigenvalue weighted by Crippen LogP contribution is 2.30. The number of benzene rings is 1. The first kappa shape index (κ1) is 12.3. The summed E-state index contributed by atoms with van der Waals surface area (Å²) in [6.07, 6.45) is 1.24. The molecule has 0 saturated heterocycles. The lowest BCUT2D eigenvalue weighted by molar-refractivity contribution is 0.0702. The third-order valence-electron chi connectivity index (χ3n) is 2.12. The summed E-state index contributed by atoms with van der Waals surface area (Å²) in [6, 6.07) is 4.00. The summed E-state index contributed by atoms with van der Waals surface area (Å²) in [5.74, 6) is -1.02. The molecule has 2 N–H and O–H groups in total. The van der Waals surface area contributed by atoms with Gasteiger partial charge >= 0.3 is 5.97 Å². The first-order chi connectivity index (χ1) is 8.60. The number of aromatic nitrogens is 1. The topological polar surface area (TPSA) is 71.5 Å². The summed E-state index contributed by atoms with van der Waals surface area (Å²) in [5.41, 5.74) is 0.392. The van der Waals surface area contributed by atoms with E-state index in [-0.39, 0.29) is 4.88 Å². The minimum Gasteiger partial charge on any atom is -0.495 e. The Morgan fingerprint density at radius 1 is 1.56 bits per heavy atom. The van der Waals surface area contributed by atoms with Crippen LogP contribution in [0, 0.1) is 5.82 Å². The normalized spacial score (nSPS) is 10.1. The van der Waals surface area contributed by atoms with Crippen molar-refractivity contribution in [2.45, 2.75) is 0 Å². The molecule has 0 radical (unpaired) electrons. The molecule has 0 aliphatic carbocycles. The molecule has 0 fully saturated rings. The van der Waals surface area contributed by atoms with E-state index >= 15 is 0 Å². The summed E-state index contributed by atoms with van der Waals surface area (Å²) in [5, 5.41) is 11.9. The van der Waals surface area contributed by atoms with E-state index in [1.54, 1.807) is 0 Å². The van der Waals surface area contributed by atoms with Crippen LogP contribution >= 0.6 is 11.3 Å². The van der Waals surface area contributed by atoms with E-state index in [1.165, 1.54) is 31.5 Å². The molecule has 7 heteroatoms. The van der Waals surface area contributed by atoms with Gasteiger partial charge in [-0.1, -0.05) is 11.3 Å². The Hall–Kier alpha value is -2.15. The van der Waals surface area contributed by atoms with Crippen molar-refractivity contribution < 1.29 is 19.0 Å². The van der Waals surface area contributed by atoms with Gasteiger partial charge in [-0.15, -0.1) is 0 Å². The molecule has 94 valence electrons. The highest BCUT2D eigenvalue weighted by Gasteiger charge is 2.11. The van der Waals surface area contributed by atoms with Gasteiger partial charge < -0.3 is 15.2 Å². The fourth-order valence-corrected chi connectivity index (χ4v) is 1.99. The molecule has 1 heterocycles. The fraction of sp³-hybridized carbons (Fsp3) is 0.0909. The summed E-state index contributed by atoms with van der Waals surface area (Å²) in [4.78, 5) is 14.7. The molecule has 2 aromatic rings. The van der Waals surface area contributed by atoms with Crippen molar-refractivity contribution in [2.75, 3.05) is 12.4 Å². The number of aromatic carboxylic acids is 1. The Balaban J connectivity index is 2.27. The highest BCUT2D eigenvalue weighted by atomic mass is 32.1. The summed E-state index contributed by atoms with van der Waals surface area (Å²) < 4.78 is 18.2. The van der Waals surface area contributed by atoms with Crippen LogP contribution in [-0.4, -0.2) is 23.2 Å². The predicted octanol–water partition coefficient (Wildman–Crippen LogP) is 2.73. The average Bonchev–Trinajstić information content (AvgIpc) is 2.78. The van der Waals surface area contributed by atoms with Gasteiger partial charge in [0.15, 0.2) is 5.13 Å². The molecule has 0 amide bonds. The molecule has 1 aromatic heterocycles. The number of halogens is 1. The number of ether oxygens (including phenoxy) is 1. The zero-order valence-electron chi connectivity index (χ0n) is 9.31. The largest absolute Gasteiger partial charge is 0.495 e. The Kier molecular flexibility index (Phi) is 3.42. The van der Waals surface area contributed by atoms with Gasteiger partial charge in [0.05, 0.1) is 19.0 Å². The molecule has 5 nitrogen and oxygen atoms in total. The predicted molar refractivity (Wildman–Crippen MR) is 65.3 cm³/mol. The zero-order chi connectivity index (χ0) is 13.1. The number of carbonyl (C=O) groups is 1. The van der Waals surface area contributed by atoms with Gasteiger partial charge in [0, 0.05) is 6.07 Å². The van der Waals surface area contributed by atoms with Crippen LogP contribution in [0.1, 0.15) is 9.67 Å². The maximum atomic E-state index is 13.1.